The van der Waals surface area contributed by atoms with Crippen LogP contribution in [0, 0.1) is 0 Å². The molecule has 120 valence electrons. The molecule has 1 aromatic carbocycles. The van der Waals surface area contributed by atoms with E-state index in [1.165, 1.54) is 0 Å². The van der Waals surface area contributed by atoms with Crippen molar-refractivity contribution < 1.29 is 0 Å². The summed E-state index contributed by atoms with van der Waals surface area (Å²) in [5.74, 6) is 1.02. The van der Waals surface area contributed by atoms with E-state index >= 15 is 0 Å². The molecule has 1 atom stereocenters. The van der Waals surface area contributed by atoms with Gasteiger partial charge in [-0.05, 0) is 25.6 Å². The number of benzene rings is 1. The van der Waals surface area contributed by atoms with Gasteiger partial charge in [0.05, 0.1) is 11.2 Å². The van der Waals surface area contributed by atoms with Gasteiger partial charge in [0.1, 0.15) is 11.3 Å². The highest BCUT2D eigenvalue weighted by molar-refractivity contribution is 6.33. The molecule has 0 spiro atoms. The van der Waals surface area contributed by atoms with Crippen molar-refractivity contribution in [2.75, 3.05) is 19.3 Å². The van der Waals surface area contributed by atoms with Gasteiger partial charge in [0.25, 0.3) is 0 Å². The number of imidazole rings is 1. The Morgan fingerprint density at radius 3 is 2.78 bits per heavy atom. The number of rotatable bonds is 5. The minimum absolute atomic E-state index is 0.186. The van der Waals surface area contributed by atoms with Crippen LogP contribution in [0.5, 0.6) is 0 Å². The normalized spacial score (nSPS) is 12.7. The minimum atomic E-state index is 0.186. The van der Waals surface area contributed by atoms with Gasteiger partial charge in [-0.25, -0.2) is 9.97 Å². The first-order valence-corrected chi connectivity index (χ1v) is 7.93. The zero-order chi connectivity index (χ0) is 16.4. The van der Waals surface area contributed by atoms with Gasteiger partial charge in [-0.1, -0.05) is 30.7 Å². The van der Waals surface area contributed by atoms with Crippen LogP contribution in [0.15, 0.2) is 30.5 Å². The Balaban J connectivity index is 2.30. The van der Waals surface area contributed by atoms with Crippen LogP contribution in [0.25, 0.3) is 22.6 Å². The second-order valence-electron chi connectivity index (χ2n) is 5.34. The van der Waals surface area contributed by atoms with Gasteiger partial charge in [-0.2, -0.15) is 4.98 Å². The number of nitrogen functional groups attached to an aromatic ring is 1. The smallest absolute Gasteiger partial charge is 0.222 e. The van der Waals surface area contributed by atoms with E-state index in [0.29, 0.717) is 10.5 Å². The number of nitrogens with one attached hydrogen (secondary N) is 1. The van der Waals surface area contributed by atoms with Crippen molar-refractivity contribution in [2.45, 2.75) is 19.4 Å². The maximum atomic E-state index is 6.38. The lowest BCUT2D eigenvalue weighted by molar-refractivity contribution is 0.477. The summed E-state index contributed by atoms with van der Waals surface area (Å²) in [6.07, 6.45) is 2.58. The highest BCUT2D eigenvalue weighted by atomic mass is 35.5. The molecule has 3 rings (SSSR count). The average Bonchev–Trinajstić information content (AvgIpc) is 2.91. The Bertz CT molecular complexity index is 829. The van der Waals surface area contributed by atoms with Crippen LogP contribution in [-0.2, 0) is 0 Å². The van der Waals surface area contributed by atoms with Crippen molar-refractivity contribution in [3.05, 3.63) is 35.5 Å². The van der Waals surface area contributed by atoms with Crippen LogP contribution < -0.4 is 11.1 Å². The second kappa shape index (κ2) is 6.52. The Labute approximate surface area is 139 Å². The summed E-state index contributed by atoms with van der Waals surface area (Å²) >= 11 is 6.38. The van der Waals surface area contributed by atoms with Crippen molar-refractivity contribution in [2.24, 2.45) is 0 Å². The highest BCUT2D eigenvalue weighted by Gasteiger charge is 2.21. The number of nitrogens with zero attached hydrogens (tertiary/aromatic N) is 4. The topological polar surface area (TPSA) is 81.7 Å². The van der Waals surface area contributed by atoms with E-state index in [4.69, 9.17) is 22.3 Å². The quantitative estimate of drug-likeness (QED) is 0.751. The zero-order valence-corrected chi connectivity index (χ0v) is 13.9. The summed E-state index contributed by atoms with van der Waals surface area (Å²) < 4.78 is 2.10. The van der Waals surface area contributed by atoms with Gasteiger partial charge in [0.2, 0.25) is 5.95 Å². The Kier molecular flexibility index (Phi) is 4.45. The summed E-state index contributed by atoms with van der Waals surface area (Å²) in [5.41, 5.74) is 8.10. The van der Waals surface area contributed by atoms with Gasteiger partial charge < -0.3 is 15.6 Å². The fourth-order valence-electron chi connectivity index (χ4n) is 2.74. The minimum Gasteiger partial charge on any atom is -0.368 e. The second-order valence-corrected chi connectivity index (χ2v) is 5.75. The molecule has 3 N–H and O–H groups in total. The van der Waals surface area contributed by atoms with Gasteiger partial charge in [0.15, 0.2) is 5.65 Å². The largest absolute Gasteiger partial charge is 0.368 e. The van der Waals surface area contributed by atoms with Crippen molar-refractivity contribution in [3.8, 4) is 11.4 Å². The molecular weight excluding hydrogens is 312 g/mol. The number of aromatic nitrogens is 4. The number of hydrogen-bond acceptors (Lipinski definition) is 5. The molecule has 1 unspecified atom stereocenters. The van der Waals surface area contributed by atoms with Crippen molar-refractivity contribution in [1.29, 1.82) is 0 Å². The molecule has 0 fully saturated rings. The molecule has 3 aromatic rings. The summed E-state index contributed by atoms with van der Waals surface area (Å²) in [4.78, 5) is 13.2. The first kappa shape index (κ1) is 15.7. The lowest BCUT2D eigenvalue weighted by Gasteiger charge is -2.20. The predicted octanol–water partition coefficient (Wildman–Crippen LogP) is 2.90. The molecule has 0 saturated heterocycles. The summed E-state index contributed by atoms with van der Waals surface area (Å²) in [6, 6.07) is 7.86. The molecule has 23 heavy (non-hydrogen) atoms. The maximum Gasteiger partial charge on any atom is 0.222 e. The number of anilines is 1. The summed E-state index contributed by atoms with van der Waals surface area (Å²) in [7, 11) is 1.93. The van der Waals surface area contributed by atoms with Crippen LogP contribution in [0.1, 0.15) is 19.4 Å². The van der Waals surface area contributed by atoms with Crippen LogP contribution in [0.2, 0.25) is 5.02 Å². The molecule has 2 heterocycles. The third-order valence-corrected chi connectivity index (χ3v) is 4.17. The number of nitrogens with two attached hydrogens (primary N) is 1. The SMILES string of the molecule is CCC(CNC)n1c(-c2ccccc2Cl)nc2cnc(N)nc21. The maximum absolute atomic E-state index is 6.38. The van der Waals surface area contributed by atoms with Crippen molar-refractivity contribution >= 4 is 28.7 Å². The lowest BCUT2D eigenvalue weighted by atomic mass is 10.1. The molecule has 2 aromatic heterocycles. The van der Waals surface area contributed by atoms with Crippen molar-refractivity contribution in [3.63, 3.8) is 0 Å². The van der Waals surface area contributed by atoms with Crippen LogP contribution >= 0.6 is 11.6 Å². The first-order chi connectivity index (χ1) is 11.2. The zero-order valence-electron chi connectivity index (χ0n) is 13.1. The van der Waals surface area contributed by atoms with Crippen molar-refractivity contribution in [1.82, 2.24) is 24.8 Å². The molecule has 0 amide bonds. The number of hydrogen-bond donors (Lipinski definition) is 2. The van der Waals surface area contributed by atoms with Gasteiger partial charge in [0, 0.05) is 18.2 Å². The lowest BCUT2D eigenvalue weighted by Crippen LogP contribution is -2.23. The first-order valence-electron chi connectivity index (χ1n) is 7.55. The van der Waals surface area contributed by atoms with E-state index < -0.39 is 0 Å². The molecular formula is C16H19ClN6. The van der Waals surface area contributed by atoms with E-state index in [2.05, 4.69) is 26.8 Å². The van der Waals surface area contributed by atoms with E-state index in [1.54, 1.807) is 6.20 Å². The van der Waals surface area contributed by atoms with Gasteiger partial charge >= 0.3 is 0 Å². The fraction of sp³-hybridized carbons (Fsp3) is 0.312. The highest BCUT2D eigenvalue weighted by Crippen LogP contribution is 2.32. The summed E-state index contributed by atoms with van der Waals surface area (Å²) in [5, 5.41) is 3.88. The molecule has 0 aliphatic rings. The molecule has 0 aliphatic carbocycles. The van der Waals surface area contributed by atoms with Crippen LogP contribution in [0.3, 0.4) is 0 Å². The summed E-state index contributed by atoms with van der Waals surface area (Å²) in [6.45, 7) is 2.93. The van der Waals surface area contributed by atoms with Gasteiger partial charge in [-0.3, -0.25) is 0 Å². The number of halogens is 1. The Morgan fingerprint density at radius 1 is 1.30 bits per heavy atom. The van der Waals surface area contributed by atoms with Gasteiger partial charge in [-0.15, -0.1) is 0 Å². The van der Waals surface area contributed by atoms with Crippen LogP contribution in [0.4, 0.5) is 5.95 Å². The predicted molar refractivity (Wildman–Crippen MR) is 93.4 cm³/mol. The monoisotopic (exact) mass is 330 g/mol. The molecule has 0 bridgehead atoms. The van der Waals surface area contributed by atoms with E-state index in [9.17, 15) is 0 Å². The molecule has 7 heteroatoms. The van der Waals surface area contributed by atoms with E-state index in [-0.39, 0.29) is 12.0 Å². The number of likely N-dealkylation sites (N-methyl/N-ethyl adjacent to an activating group) is 1. The molecule has 0 radical (unpaired) electrons. The fourth-order valence-corrected chi connectivity index (χ4v) is 2.96. The van der Waals surface area contributed by atoms with E-state index in [1.807, 2.05) is 31.3 Å². The Hall–Kier alpha value is -2.18. The molecule has 6 nitrogen and oxygen atoms in total. The standard InChI is InChI=1S/C16H19ClN6/c1-3-10(8-19-2)23-14(11-6-4-5-7-12(11)17)21-13-9-20-16(18)22-15(13)23/h4-7,9-10,19H,3,8H2,1-2H3,(H2,18,20,22). The molecule has 0 aliphatic heterocycles. The Morgan fingerprint density at radius 2 is 2.09 bits per heavy atom. The van der Waals surface area contributed by atoms with E-state index in [0.717, 1.165) is 30.0 Å². The average molecular weight is 331 g/mol. The molecule has 0 saturated carbocycles. The third-order valence-electron chi connectivity index (χ3n) is 3.84. The number of fused-ring (bicyclic) bond motifs is 1. The third kappa shape index (κ3) is 2.87. The van der Waals surface area contributed by atoms with Crippen LogP contribution in [-0.4, -0.2) is 33.1 Å².